The van der Waals surface area contributed by atoms with Crippen LogP contribution in [0.1, 0.15) is 16.1 Å². The maximum absolute atomic E-state index is 12.4. The average Bonchev–Trinajstić information content (AvgIpc) is 2.46. The second-order valence-electron chi connectivity index (χ2n) is 3.72. The van der Waals surface area contributed by atoms with Gasteiger partial charge in [0.25, 0.3) is 0 Å². The summed E-state index contributed by atoms with van der Waals surface area (Å²) in [6.45, 7) is 0. The summed E-state index contributed by atoms with van der Waals surface area (Å²) in [6.07, 6.45) is -1.09. The SMILES string of the molecule is COC(=O)c1cncc(Sc2ccc(C(F)(F)F)cn2)n1. The number of nitrogens with zero attached hydrogens (tertiary/aromatic N) is 3. The Morgan fingerprint density at radius 2 is 1.95 bits per heavy atom. The smallest absolute Gasteiger partial charge is 0.417 e. The van der Waals surface area contributed by atoms with E-state index in [4.69, 9.17) is 0 Å². The lowest BCUT2D eigenvalue weighted by Gasteiger charge is -2.06. The van der Waals surface area contributed by atoms with Gasteiger partial charge in [-0.25, -0.2) is 14.8 Å². The van der Waals surface area contributed by atoms with Gasteiger partial charge in [-0.05, 0) is 23.9 Å². The molecule has 5 nitrogen and oxygen atoms in total. The highest BCUT2D eigenvalue weighted by atomic mass is 32.2. The normalized spacial score (nSPS) is 11.2. The topological polar surface area (TPSA) is 65.0 Å². The van der Waals surface area contributed by atoms with E-state index in [1.54, 1.807) is 0 Å². The number of aromatic nitrogens is 3. The first kappa shape index (κ1) is 15.2. The molecule has 0 aliphatic heterocycles. The van der Waals surface area contributed by atoms with Gasteiger partial charge in [-0.2, -0.15) is 13.2 Å². The number of esters is 1. The predicted molar refractivity (Wildman–Crippen MR) is 66.7 cm³/mol. The van der Waals surface area contributed by atoms with Crippen LogP contribution in [-0.2, 0) is 10.9 Å². The van der Waals surface area contributed by atoms with Crippen LogP contribution in [0.4, 0.5) is 13.2 Å². The van der Waals surface area contributed by atoms with Gasteiger partial charge in [0, 0.05) is 6.20 Å². The van der Waals surface area contributed by atoms with Crippen molar-refractivity contribution in [2.75, 3.05) is 7.11 Å². The van der Waals surface area contributed by atoms with Gasteiger partial charge in [-0.15, -0.1) is 0 Å². The van der Waals surface area contributed by atoms with Gasteiger partial charge < -0.3 is 4.74 Å². The fourth-order valence-corrected chi connectivity index (χ4v) is 2.03. The van der Waals surface area contributed by atoms with Crippen LogP contribution in [0, 0.1) is 0 Å². The number of halogens is 3. The zero-order chi connectivity index (χ0) is 15.5. The average molecular weight is 315 g/mol. The molecule has 0 spiro atoms. The van der Waals surface area contributed by atoms with E-state index in [0.717, 1.165) is 24.0 Å². The molecule has 0 amide bonds. The molecule has 0 aliphatic rings. The molecule has 0 saturated carbocycles. The molecule has 0 N–H and O–H groups in total. The van der Waals surface area contributed by atoms with Crippen molar-refractivity contribution in [2.45, 2.75) is 16.2 Å². The summed E-state index contributed by atoms with van der Waals surface area (Å²) < 4.78 is 41.7. The molecule has 0 unspecified atom stereocenters. The molecule has 9 heteroatoms. The molecule has 0 aliphatic carbocycles. The molecule has 0 atom stereocenters. The minimum Gasteiger partial charge on any atom is -0.464 e. The molecule has 21 heavy (non-hydrogen) atoms. The highest BCUT2D eigenvalue weighted by Crippen LogP contribution is 2.30. The summed E-state index contributed by atoms with van der Waals surface area (Å²) >= 11 is 0.989. The zero-order valence-corrected chi connectivity index (χ0v) is 11.4. The van der Waals surface area contributed by atoms with Gasteiger partial charge in [-0.1, -0.05) is 0 Å². The van der Waals surface area contributed by atoms with E-state index in [9.17, 15) is 18.0 Å². The van der Waals surface area contributed by atoms with Crippen LogP contribution in [0.2, 0.25) is 0 Å². The van der Waals surface area contributed by atoms with Crippen LogP contribution in [0.3, 0.4) is 0 Å². The Hall–Kier alpha value is -2.16. The second-order valence-corrected chi connectivity index (χ2v) is 4.76. The van der Waals surface area contributed by atoms with Crippen molar-refractivity contribution in [1.82, 2.24) is 15.0 Å². The fraction of sp³-hybridized carbons (Fsp3) is 0.167. The van der Waals surface area contributed by atoms with E-state index >= 15 is 0 Å². The number of hydrogen-bond acceptors (Lipinski definition) is 6. The lowest BCUT2D eigenvalue weighted by atomic mass is 10.3. The molecular weight excluding hydrogens is 307 g/mol. The summed E-state index contributed by atoms with van der Waals surface area (Å²) in [7, 11) is 1.21. The largest absolute Gasteiger partial charge is 0.464 e. The number of carbonyl (C=O) groups is 1. The van der Waals surface area contributed by atoms with Crippen LogP contribution >= 0.6 is 11.8 Å². The molecule has 0 aromatic carbocycles. The Labute approximate surface area is 121 Å². The first-order valence-corrected chi connectivity index (χ1v) is 6.33. The molecule has 0 radical (unpaired) electrons. The van der Waals surface area contributed by atoms with E-state index in [2.05, 4.69) is 19.7 Å². The Morgan fingerprint density at radius 1 is 1.19 bits per heavy atom. The molecule has 2 aromatic rings. The highest BCUT2D eigenvalue weighted by molar-refractivity contribution is 7.99. The number of pyridine rings is 1. The van der Waals surface area contributed by atoms with Crippen LogP contribution in [0.25, 0.3) is 0 Å². The van der Waals surface area contributed by atoms with Gasteiger partial charge in [0.2, 0.25) is 0 Å². The number of methoxy groups -OCH3 is 1. The predicted octanol–water partition coefficient (Wildman–Crippen LogP) is 2.83. The standard InChI is InChI=1S/C12H8F3N3O2S/c1-20-11(19)8-5-16-6-10(18-8)21-9-3-2-7(4-17-9)12(13,14)15/h2-6H,1H3. The van der Waals surface area contributed by atoms with E-state index < -0.39 is 17.7 Å². The highest BCUT2D eigenvalue weighted by Gasteiger charge is 2.30. The molecule has 2 rings (SSSR count). The minimum atomic E-state index is -4.43. The van der Waals surface area contributed by atoms with Gasteiger partial charge in [0.05, 0.1) is 25.1 Å². The van der Waals surface area contributed by atoms with E-state index in [0.29, 0.717) is 10.1 Å². The van der Waals surface area contributed by atoms with Crippen molar-refractivity contribution >= 4 is 17.7 Å². The summed E-state index contributed by atoms with van der Waals surface area (Å²) in [6, 6.07) is 2.15. The molecule has 2 aromatic heterocycles. The van der Waals surface area contributed by atoms with Crippen LogP contribution in [0.5, 0.6) is 0 Å². The van der Waals surface area contributed by atoms with E-state index in [1.165, 1.54) is 25.6 Å². The van der Waals surface area contributed by atoms with Crippen LogP contribution in [0.15, 0.2) is 40.8 Å². The quantitative estimate of drug-likeness (QED) is 0.812. The fourth-order valence-electron chi connectivity index (χ4n) is 1.32. The zero-order valence-electron chi connectivity index (χ0n) is 10.6. The number of alkyl halides is 3. The van der Waals surface area contributed by atoms with E-state index in [-0.39, 0.29) is 5.69 Å². The molecule has 0 saturated heterocycles. The Balaban J connectivity index is 2.17. The Bertz CT molecular complexity index is 647. The van der Waals surface area contributed by atoms with E-state index in [1.807, 2.05) is 0 Å². The molecule has 0 bridgehead atoms. The van der Waals surface area contributed by atoms with Crippen molar-refractivity contribution in [3.8, 4) is 0 Å². The number of rotatable bonds is 3. The summed E-state index contributed by atoms with van der Waals surface area (Å²) in [5, 5.41) is 0.629. The van der Waals surface area contributed by atoms with Crippen LogP contribution < -0.4 is 0 Å². The minimum absolute atomic E-state index is 0.00871. The van der Waals surface area contributed by atoms with Crippen molar-refractivity contribution < 1.29 is 22.7 Å². The second kappa shape index (κ2) is 6.08. The number of carbonyl (C=O) groups excluding carboxylic acids is 1. The molecule has 110 valence electrons. The monoisotopic (exact) mass is 315 g/mol. The van der Waals surface area contributed by atoms with Crippen molar-refractivity contribution in [3.63, 3.8) is 0 Å². The number of hydrogen-bond donors (Lipinski definition) is 0. The summed E-state index contributed by atoms with van der Waals surface area (Å²) in [4.78, 5) is 22.8. The maximum Gasteiger partial charge on any atom is 0.417 e. The summed E-state index contributed by atoms with van der Waals surface area (Å²) in [5.74, 6) is -0.648. The molecule has 0 fully saturated rings. The lowest BCUT2D eigenvalue weighted by Crippen LogP contribution is -2.06. The Morgan fingerprint density at radius 3 is 2.52 bits per heavy atom. The van der Waals surface area contributed by atoms with Crippen molar-refractivity contribution in [1.29, 1.82) is 0 Å². The first-order valence-electron chi connectivity index (χ1n) is 5.51. The lowest BCUT2D eigenvalue weighted by molar-refractivity contribution is -0.137. The molecule has 2 heterocycles. The third kappa shape index (κ3) is 3.91. The maximum atomic E-state index is 12.4. The third-order valence-corrected chi connectivity index (χ3v) is 3.14. The number of ether oxygens (including phenoxy) is 1. The van der Waals surface area contributed by atoms with Gasteiger partial charge in [0.1, 0.15) is 10.1 Å². The van der Waals surface area contributed by atoms with Gasteiger partial charge in [0.15, 0.2) is 5.69 Å². The van der Waals surface area contributed by atoms with Crippen LogP contribution in [-0.4, -0.2) is 28.0 Å². The molecular formula is C12H8F3N3O2S. The van der Waals surface area contributed by atoms with Gasteiger partial charge in [-0.3, -0.25) is 4.98 Å². The Kier molecular flexibility index (Phi) is 4.41. The third-order valence-electron chi connectivity index (χ3n) is 2.28. The van der Waals surface area contributed by atoms with Crippen molar-refractivity contribution in [2.24, 2.45) is 0 Å². The van der Waals surface area contributed by atoms with Crippen molar-refractivity contribution in [3.05, 3.63) is 42.0 Å². The first-order chi connectivity index (χ1) is 9.90. The summed E-state index contributed by atoms with van der Waals surface area (Å²) in [5.41, 5.74) is -0.823. The van der Waals surface area contributed by atoms with Gasteiger partial charge >= 0.3 is 12.1 Å².